The summed E-state index contributed by atoms with van der Waals surface area (Å²) < 4.78 is 8.41. The lowest BCUT2D eigenvalue weighted by Crippen LogP contribution is -2.48. The summed E-state index contributed by atoms with van der Waals surface area (Å²) in [4.78, 5) is 27.8. The third kappa shape index (κ3) is 6.33. The largest absolute Gasteiger partial charge is 0.490 e. The highest BCUT2D eigenvalue weighted by Gasteiger charge is 2.40. The third-order valence-electron chi connectivity index (χ3n) is 7.67. The number of aryl methyl sites for hydroxylation is 1. The highest BCUT2D eigenvalue weighted by molar-refractivity contribution is 5.89. The predicted molar refractivity (Wildman–Crippen MR) is 142 cm³/mol. The van der Waals surface area contributed by atoms with E-state index in [2.05, 4.69) is 22.7 Å². The van der Waals surface area contributed by atoms with Crippen molar-refractivity contribution in [1.82, 2.24) is 25.3 Å². The van der Waals surface area contributed by atoms with Crippen LogP contribution in [0.15, 0.2) is 30.5 Å². The molecule has 1 aromatic heterocycles. The van der Waals surface area contributed by atoms with Crippen LogP contribution in [0.25, 0.3) is 11.3 Å². The predicted octanol–water partition coefficient (Wildman–Crippen LogP) is 2.57. The lowest BCUT2D eigenvalue weighted by Gasteiger charge is -2.28. The Morgan fingerprint density at radius 1 is 1.22 bits per heavy atom. The maximum absolute atomic E-state index is 13.2. The van der Waals surface area contributed by atoms with Gasteiger partial charge in [-0.05, 0) is 50.9 Å². The zero-order valence-electron chi connectivity index (χ0n) is 22.4. The standard InChI is InChI=1S/C28H41N5O4/c1-5-33-24(10-13-31-33)20-6-7-21(26(14-20)37-23-8-11-29-12-9-23)16-30-27(35)25-15-22(34)17-32(25)28(36)19(4)18(2)3/h6-7,10,13-14,18-19,22-23,25,29,34H,5,8-9,11-12,15-17H2,1-4H3,(H,30,35). The molecule has 202 valence electrons. The van der Waals surface area contributed by atoms with Crippen LogP contribution in [0.2, 0.25) is 0 Å². The van der Waals surface area contributed by atoms with Gasteiger partial charge in [0.25, 0.3) is 0 Å². The summed E-state index contributed by atoms with van der Waals surface area (Å²) in [7, 11) is 0. The zero-order valence-corrected chi connectivity index (χ0v) is 22.4. The first-order valence-electron chi connectivity index (χ1n) is 13.6. The van der Waals surface area contributed by atoms with Gasteiger partial charge in [-0.15, -0.1) is 0 Å². The van der Waals surface area contributed by atoms with Gasteiger partial charge in [0.2, 0.25) is 11.8 Å². The van der Waals surface area contributed by atoms with Crippen LogP contribution in [-0.2, 0) is 22.7 Å². The van der Waals surface area contributed by atoms with Gasteiger partial charge in [-0.3, -0.25) is 14.3 Å². The highest BCUT2D eigenvalue weighted by Crippen LogP contribution is 2.30. The fourth-order valence-corrected chi connectivity index (χ4v) is 5.05. The number of hydrogen-bond acceptors (Lipinski definition) is 6. The number of likely N-dealkylation sites (tertiary alicyclic amines) is 1. The quantitative estimate of drug-likeness (QED) is 0.478. The molecule has 3 N–H and O–H groups in total. The van der Waals surface area contributed by atoms with Gasteiger partial charge in [-0.25, -0.2) is 0 Å². The van der Waals surface area contributed by atoms with E-state index < -0.39 is 12.1 Å². The molecule has 0 saturated carbocycles. The van der Waals surface area contributed by atoms with Crippen LogP contribution in [0.1, 0.15) is 52.5 Å². The van der Waals surface area contributed by atoms with Crippen LogP contribution in [-0.4, -0.2) is 69.5 Å². The minimum Gasteiger partial charge on any atom is -0.490 e. The molecule has 37 heavy (non-hydrogen) atoms. The minimum absolute atomic E-state index is 0.0847. The second-order valence-corrected chi connectivity index (χ2v) is 10.6. The fraction of sp³-hybridized carbons (Fsp3) is 0.607. The number of carbonyl (C=O) groups excluding carboxylic acids is 2. The van der Waals surface area contributed by atoms with Crippen LogP contribution in [0.5, 0.6) is 5.75 Å². The molecule has 3 unspecified atom stereocenters. The van der Waals surface area contributed by atoms with Crippen molar-refractivity contribution in [1.29, 1.82) is 0 Å². The second-order valence-electron chi connectivity index (χ2n) is 10.6. The summed E-state index contributed by atoms with van der Waals surface area (Å²) in [5, 5.41) is 21.0. The lowest BCUT2D eigenvalue weighted by molar-refractivity contribution is -0.142. The number of ether oxygens (including phenoxy) is 1. The highest BCUT2D eigenvalue weighted by atomic mass is 16.5. The molecule has 2 aliphatic heterocycles. The van der Waals surface area contributed by atoms with Crippen molar-refractivity contribution >= 4 is 11.8 Å². The minimum atomic E-state index is -0.694. The van der Waals surface area contributed by atoms with Crippen molar-refractivity contribution in [3.05, 3.63) is 36.0 Å². The molecule has 2 fully saturated rings. The van der Waals surface area contributed by atoms with Crippen LogP contribution in [0, 0.1) is 11.8 Å². The van der Waals surface area contributed by atoms with Gasteiger partial charge >= 0.3 is 0 Å². The van der Waals surface area contributed by atoms with Crippen molar-refractivity contribution in [3.63, 3.8) is 0 Å². The number of amides is 2. The van der Waals surface area contributed by atoms with Crippen LogP contribution < -0.4 is 15.4 Å². The summed E-state index contributed by atoms with van der Waals surface area (Å²) in [6, 6.07) is 7.37. The number of aromatic nitrogens is 2. The number of carbonyl (C=O) groups is 2. The van der Waals surface area contributed by atoms with Gasteiger partial charge in [0.05, 0.1) is 11.8 Å². The molecule has 0 bridgehead atoms. The van der Waals surface area contributed by atoms with E-state index in [-0.39, 0.29) is 49.3 Å². The molecular formula is C28H41N5O4. The normalized spacial score (nSPS) is 21.3. The molecule has 3 heterocycles. The Morgan fingerprint density at radius 3 is 2.68 bits per heavy atom. The molecule has 9 nitrogen and oxygen atoms in total. The molecule has 0 radical (unpaired) electrons. The van der Waals surface area contributed by atoms with Crippen molar-refractivity contribution in [2.75, 3.05) is 19.6 Å². The van der Waals surface area contributed by atoms with Gasteiger partial charge in [0, 0.05) is 49.3 Å². The third-order valence-corrected chi connectivity index (χ3v) is 7.67. The molecular weight excluding hydrogens is 470 g/mol. The Hall–Kier alpha value is -2.91. The summed E-state index contributed by atoms with van der Waals surface area (Å²) in [5.74, 6) is 0.363. The molecule has 3 atom stereocenters. The summed E-state index contributed by atoms with van der Waals surface area (Å²) in [6.07, 6.45) is 3.31. The number of aliphatic hydroxyl groups excluding tert-OH is 1. The number of piperidine rings is 1. The second kappa shape index (κ2) is 12.1. The number of nitrogens with one attached hydrogen (secondary N) is 2. The van der Waals surface area contributed by atoms with Gasteiger partial charge < -0.3 is 25.4 Å². The van der Waals surface area contributed by atoms with Crippen molar-refractivity contribution < 1.29 is 19.4 Å². The summed E-state index contributed by atoms with van der Waals surface area (Å²) >= 11 is 0. The van der Waals surface area contributed by atoms with E-state index in [1.165, 1.54) is 0 Å². The molecule has 2 amide bonds. The average molecular weight is 512 g/mol. The van der Waals surface area contributed by atoms with Gasteiger partial charge in [0.1, 0.15) is 17.9 Å². The fourth-order valence-electron chi connectivity index (χ4n) is 5.05. The Kier molecular flexibility index (Phi) is 8.87. The Morgan fingerprint density at radius 2 is 1.97 bits per heavy atom. The summed E-state index contributed by atoms with van der Waals surface area (Å²) in [5.41, 5.74) is 2.91. The molecule has 2 saturated heterocycles. The number of nitrogens with zero attached hydrogens (tertiary/aromatic N) is 3. The molecule has 2 aromatic rings. The topological polar surface area (TPSA) is 109 Å². The van der Waals surface area contributed by atoms with E-state index in [4.69, 9.17) is 4.74 Å². The molecule has 1 aromatic carbocycles. The smallest absolute Gasteiger partial charge is 0.243 e. The maximum atomic E-state index is 13.2. The Balaban J connectivity index is 1.51. The SMILES string of the molecule is CCn1nccc1-c1ccc(CNC(=O)C2CC(O)CN2C(=O)C(C)C(C)C)c(OC2CCNCC2)c1. The number of hydrogen-bond donors (Lipinski definition) is 3. The number of β-amino-alcohol motifs (C(OH)–C–C–N with tert-alkyl or cyclic N) is 1. The first-order valence-corrected chi connectivity index (χ1v) is 13.6. The van der Waals surface area contributed by atoms with Crippen LogP contribution >= 0.6 is 0 Å². The van der Waals surface area contributed by atoms with E-state index in [1.807, 2.05) is 49.7 Å². The van der Waals surface area contributed by atoms with Crippen LogP contribution in [0.4, 0.5) is 0 Å². The van der Waals surface area contributed by atoms with Crippen molar-refractivity contribution in [3.8, 4) is 17.0 Å². The van der Waals surface area contributed by atoms with E-state index in [9.17, 15) is 14.7 Å². The molecule has 2 aliphatic rings. The Bertz CT molecular complexity index is 1080. The van der Waals surface area contributed by atoms with E-state index in [0.717, 1.165) is 55.0 Å². The first kappa shape index (κ1) is 27.1. The summed E-state index contributed by atoms with van der Waals surface area (Å²) in [6.45, 7) is 11.0. The molecule has 4 rings (SSSR count). The first-order chi connectivity index (χ1) is 17.8. The number of aliphatic hydroxyl groups is 1. The Labute approximate surface area is 219 Å². The number of benzene rings is 1. The zero-order chi connectivity index (χ0) is 26.5. The lowest BCUT2D eigenvalue weighted by atomic mass is 9.96. The van der Waals surface area contributed by atoms with Crippen molar-refractivity contribution in [2.45, 2.75) is 78.3 Å². The van der Waals surface area contributed by atoms with Gasteiger partial charge in [-0.1, -0.05) is 32.9 Å². The average Bonchev–Trinajstić information content (AvgIpc) is 3.54. The maximum Gasteiger partial charge on any atom is 0.243 e. The van der Waals surface area contributed by atoms with Gasteiger partial charge in [0.15, 0.2) is 0 Å². The van der Waals surface area contributed by atoms with E-state index >= 15 is 0 Å². The molecule has 0 aliphatic carbocycles. The van der Waals surface area contributed by atoms with Crippen LogP contribution in [0.3, 0.4) is 0 Å². The van der Waals surface area contributed by atoms with E-state index in [1.54, 1.807) is 11.1 Å². The molecule has 9 heteroatoms. The van der Waals surface area contributed by atoms with E-state index in [0.29, 0.717) is 0 Å². The molecule has 0 spiro atoms. The van der Waals surface area contributed by atoms with Crippen molar-refractivity contribution in [2.24, 2.45) is 11.8 Å². The number of rotatable bonds is 9. The van der Waals surface area contributed by atoms with Gasteiger partial charge in [-0.2, -0.15) is 5.10 Å². The monoisotopic (exact) mass is 511 g/mol.